The Hall–Kier alpha value is -6.98. The Morgan fingerprint density at radius 1 is 0.310 bits per heavy atom. The molecule has 8 aromatic carbocycles. The number of hydrogen-bond donors (Lipinski definition) is 4. The fourth-order valence-electron chi connectivity index (χ4n) is 10.3. The summed E-state index contributed by atoms with van der Waals surface area (Å²) in [6.45, 7) is 5.56. The van der Waals surface area contributed by atoms with Gasteiger partial charge in [0, 0.05) is 9.52 Å². The molecule has 2 aliphatic rings. The number of aliphatic hydroxyl groups excluding tert-OH is 4. The van der Waals surface area contributed by atoms with Gasteiger partial charge in [0.25, 0.3) is 0 Å². The van der Waals surface area contributed by atoms with Crippen LogP contribution in [-0.4, -0.2) is 82.8 Å². The van der Waals surface area contributed by atoms with Crippen LogP contribution in [0.1, 0.15) is 58.4 Å². The SMILES string of the molecule is CC[SiH2]CC.OCCOc1ccc(C2(c3ccc(OCCO)cc3)c3ccccc3-c3ccccc32)cc1.OCCOc1ccc(C2(c3ccc(OCCO)cc3)c3ccccc3-c3ccccc32)cc1. The topological polar surface area (TPSA) is 118 Å². The van der Waals surface area contributed by atoms with Gasteiger partial charge in [0.05, 0.1) is 37.3 Å². The zero-order valence-electron chi connectivity index (χ0n) is 40.7. The Morgan fingerprint density at radius 2 is 0.521 bits per heavy atom. The van der Waals surface area contributed by atoms with Crippen LogP contribution in [0.15, 0.2) is 194 Å². The summed E-state index contributed by atoms with van der Waals surface area (Å²) in [4.78, 5) is 0. The molecule has 0 amide bonds. The highest BCUT2D eigenvalue weighted by molar-refractivity contribution is 6.34. The number of benzene rings is 8. The van der Waals surface area contributed by atoms with E-state index in [9.17, 15) is 0 Å². The van der Waals surface area contributed by atoms with Crippen molar-refractivity contribution >= 4 is 9.52 Å². The van der Waals surface area contributed by atoms with Crippen LogP contribution in [0.25, 0.3) is 22.3 Å². The van der Waals surface area contributed by atoms with Crippen LogP contribution < -0.4 is 18.9 Å². The minimum Gasteiger partial charge on any atom is -0.491 e. The second kappa shape index (κ2) is 24.2. The number of rotatable bonds is 18. The number of hydrogen-bond acceptors (Lipinski definition) is 8. The van der Waals surface area contributed by atoms with E-state index in [4.69, 9.17) is 39.4 Å². The largest absolute Gasteiger partial charge is 0.491 e. The average molecular weight is 965 g/mol. The molecule has 0 radical (unpaired) electrons. The Morgan fingerprint density at radius 3 is 0.704 bits per heavy atom. The Balaban J connectivity index is 0.000000174. The zero-order valence-corrected chi connectivity index (χ0v) is 42.1. The molecule has 0 atom stereocenters. The predicted molar refractivity (Wildman–Crippen MR) is 287 cm³/mol. The lowest BCUT2D eigenvalue weighted by molar-refractivity contribution is 0.201. The number of fused-ring (bicyclic) bond motifs is 6. The molecule has 0 bridgehead atoms. The van der Waals surface area contributed by atoms with Gasteiger partial charge in [-0.1, -0.05) is 172 Å². The van der Waals surface area contributed by atoms with Crippen molar-refractivity contribution < 1.29 is 39.4 Å². The van der Waals surface area contributed by atoms with Gasteiger partial charge < -0.3 is 39.4 Å². The van der Waals surface area contributed by atoms with Crippen molar-refractivity contribution in [3.63, 3.8) is 0 Å². The van der Waals surface area contributed by atoms with Gasteiger partial charge in [0.1, 0.15) is 49.4 Å². The van der Waals surface area contributed by atoms with Crippen LogP contribution in [0.5, 0.6) is 23.0 Å². The number of aliphatic hydroxyl groups is 4. The molecule has 0 aromatic heterocycles. The molecule has 364 valence electrons. The van der Waals surface area contributed by atoms with Crippen molar-refractivity contribution in [2.75, 3.05) is 52.9 Å². The van der Waals surface area contributed by atoms with E-state index in [-0.39, 0.29) is 52.9 Å². The highest BCUT2D eigenvalue weighted by Gasteiger charge is 2.47. The average Bonchev–Trinajstić information content (AvgIpc) is 3.91. The summed E-state index contributed by atoms with van der Waals surface area (Å²) < 4.78 is 22.5. The molecule has 4 N–H and O–H groups in total. The van der Waals surface area contributed by atoms with Crippen molar-refractivity contribution in [2.24, 2.45) is 0 Å². The lowest BCUT2D eigenvalue weighted by Crippen LogP contribution is -2.28. The van der Waals surface area contributed by atoms with E-state index in [2.05, 4.69) is 159 Å². The second-order valence-corrected chi connectivity index (χ2v) is 20.1. The van der Waals surface area contributed by atoms with Crippen molar-refractivity contribution in [3.8, 4) is 45.3 Å². The van der Waals surface area contributed by atoms with Gasteiger partial charge in [-0.15, -0.1) is 0 Å². The summed E-state index contributed by atoms with van der Waals surface area (Å²) >= 11 is 0. The van der Waals surface area contributed by atoms with Crippen LogP contribution in [0.3, 0.4) is 0 Å². The van der Waals surface area contributed by atoms with Gasteiger partial charge in [-0.25, -0.2) is 0 Å². The molecule has 0 aliphatic heterocycles. The van der Waals surface area contributed by atoms with E-state index in [0.29, 0.717) is 9.52 Å². The van der Waals surface area contributed by atoms with Crippen LogP contribution in [-0.2, 0) is 10.8 Å². The van der Waals surface area contributed by atoms with E-state index in [1.54, 1.807) is 0 Å². The lowest BCUT2D eigenvalue weighted by atomic mass is 9.68. The first kappa shape index (κ1) is 50.4. The fraction of sp³-hybridized carbons (Fsp3) is 0.226. The first-order valence-electron chi connectivity index (χ1n) is 24.7. The first-order valence-corrected chi connectivity index (χ1v) is 26.7. The van der Waals surface area contributed by atoms with Gasteiger partial charge in [-0.3, -0.25) is 0 Å². The minimum absolute atomic E-state index is 0.0167. The fourth-order valence-corrected chi connectivity index (χ4v) is 11.0. The Kier molecular flexibility index (Phi) is 17.2. The van der Waals surface area contributed by atoms with E-state index in [1.165, 1.54) is 56.6 Å². The maximum Gasteiger partial charge on any atom is 0.119 e. The van der Waals surface area contributed by atoms with Crippen molar-refractivity contribution in [1.29, 1.82) is 0 Å². The standard InChI is InChI=1S/2C29H26O4.C4H12Si/c2*30-17-19-32-23-13-9-21(10-14-23)29(22-11-15-24(16-12-22)33-20-18-31)27-7-3-1-5-25(27)26-6-2-4-8-28(26)29;1-3-5-4-2/h2*1-16,30-31H,17-20H2;3-5H2,1-2H3. The van der Waals surface area contributed by atoms with Crippen LogP contribution in [0, 0.1) is 0 Å². The van der Waals surface area contributed by atoms with Gasteiger partial charge >= 0.3 is 0 Å². The van der Waals surface area contributed by atoms with Crippen molar-refractivity contribution in [3.05, 3.63) is 239 Å². The summed E-state index contributed by atoms with van der Waals surface area (Å²) in [6.07, 6.45) is 0. The monoisotopic (exact) mass is 964 g/mol. The lowest BCUT2D eigenvalue weighted by Gasteiger charge is -2.34. The predicted octanol–water partition coefficient (Wildman–Crippen LogP) is 10.6. The van der Waals surface area contributed by atoms with Crippen LogP contribution >= 0.6 is 0 Å². The quantitative estimate of drug-likeness (QED) is 0.0628. The van der Waals surface area contributed by atoms with E-state index in [0.717, 1.165) is 45.3 Å². The third-order valence-corrected chi connectivity index (χ3v) is 14.6. The summed E-state index contributed by atoms with van der Waals surface area (Å²) in [7, 11) is 0.432. The molecule has 9 heteroatoms. The summed E-state index contributed by atoms with van der Waals surface area (Å²) in [5.41, 5.74) is 13.4. The molecule has 0 saturated carbocycles. The summed E-state index contributed by atoms with van der Waals surface area (Å²) in [5.74, 6) is 2.93. The molecule has 0 saturated heterocycles. The smallest absolute Gasteiger partial charge is 0.119 e. The van der Waals surface area contributed by atoms with Gasteiger partial charge in [-0.2, -0.15) is 0 Å². The van der Waals surface area contributed by atoms with Crippen molar-refractivity contribution in [2.45, 2.75) is 36.8 Å². The molecular formula is C62H64O8Si. The van der Waals surface area contributed by atoms with E-state index >= 15 is 0 Å². The minimum atomic E-state index is -0.488. The molecule has 0 unspecified atom stereocenters. The molecule has 10 rings (SSSR count). The maximum absolute atomic E-state index is 9.09. The highest BCUT2D eigenvalue weighted by atomic mass is 28.2. The third kappa shape index (κ3) is 10.3. The van der Waals surface area contributed by atoms with E-state index in [1.807, 2.05) is 48.5 Å². The Bertz CT molecular complexity index is 2520. The highest BCUT2D eigenvalue weighted by Crippen LogP contribution is 2.57. The van der Waals surface area contributed by atoms with Gasteiger partial charge in [0.2, 0.25) is 0 Å². The Labute approximate surface area is 420 Å². The molecule has 2 aliphatic carbocycles. The van der Waals surface area contributed by atoms with Crippen molar-refractivity contribution in [1.82, 2.24) is 0 Å². The first-order chi connectivity index (χ1) is 35.0. The summed E-state index contributed by atoms with van der Waals surface area (Å²) in [5, 5.41) is 36.4. The molecule has 0 heterocycles. The zero-order chi connectivity index (χ0) is 49.5. The molecule has 0 fully saturated rings. The molecule has 8 nitrogen and oxygen atoms in total. The van der Waals surface area contributed by atoms with Gasteiger partial charge in [0.15, 0.2) is 0 Å². The van der Waals surface area contributed by atoms with Gasteiger partial charge in [-0.05, 0) is 115 Å². The normalized spacial score (nSPS) is 12.9. The van der Waals surface area contributed by atoms with Crippen LogP contribution in [0.4, 0.5) is 0 Å². The second-order valence-electron chi connectivity index (χ2n) is 17.4. The molecule has 71 heavy (non-hydrogen) atoms. The molecule has 0 spiro atoms. The van der Waals surface area contributed by atoms with E-state index < -0.39 is 10.8 Å². The molecule has 8 aromatic rings. The molecular weight excluding hydrogens is 901 g/mol. The summed E-state index contributed by atoms with van der Waals surface area (Å²) in [6, 6.07) is 69.9. The van der Waals surface area contributed by atoms with Crippen LogP contribution in [0.2, 0.25) is 12.1 Å². The maximum atomic E-state index is 9.09. The number of ether oxygens (including phenoxy) is 4. The third-order valence-electron chi connectivity index (χ3n) is 13.2.